The summed E-state index contributed by atoms with van der Waals surface area (Å²) in [6, 6.07) is 18.4. The third-order valence-corrected chi connectivity index (χ3v) is 5.76. The van der Waals surface area contributed by atoms with E-state index in [2.05, 4.69) is 18.3 Å². The van der Waals surface area contributed by atoms with Crippen LogP contribution in [0.5, 0.6) is 0 Å². The number of carbonyl (C=O) groups excluding carboxylic acids is 1. The summed E-state index contributed by atoms with van der Waals surface area (Å²) in [5.74, 6) is 0.0572. The highest BCUT2D eigenvalue weighted by molar-refractivity contribution is 7.18. The zero-order chi connectivity index (χ0) is 17.8. The van der Waals surface area contributed by atoms with E-state index in [9.17, 15) is 4.79 Å². The number of carbonyl (C=O) groups is 1. The largest absolute Gasteiger partial charge is 0.345 e. The molecule has 0 saturated heterocycles. The van der Waals surface area contributed by atoms with Crippen LogP contribution in [0.4, 0.5) is 0 Å². The van der Waals surface area contributed by atoms with E-state index >= 15 is 0 Å². The molecule has 3 rings (SSSR count). The fraction of sp³-hybridized carbons (Fsp3) is 0.300. The average molecular weight is 354 g/mol. The van der Waals surface area contributed by atoms with E-state index in [1.807, 2.05) is 62.5 Å². The molecule has 0 radical (unpaired) electrons. The molecule has 1 amide bonds. The number of fused-ring (bicyclic) bond motifs is 1. The lowest BCUT2D eigenvalue weighted by atomic mass is 10.1. The van der Waals surface area contributed by atoms with Crippen LogP contribution in [0.25, 0.3) is 10.2 Å². The fourth-order valence-electron chi connectivity index (χ4n) is 2.81. The molecule has 25 heavy (non-hydrogen) atoms. The van der Waals surface area contributed by atoms with Crippen LogP contribution >= 0.6 is 11.3 Å². The molecule has 1 heterocycles. The third kappa shape index (κ3) is 4.24. The van der Waals surface area contributed by atoms with E-state index in [-0.39, 0.29) is 18.0 Å². The Morgan fingerprint density at radius 1 is 1.12 bits per heavy atom. The Kier molecular flexibility index (Phi) is 5.46. The van der Waals surface area contributed by atoms with Gasteiger partial charge in [0.1, 0.15) is 6.04 Å². The Balaban J connectivity index is 1.60. The number of aromatic nitrogens is 1. The van der Waals surface area contributed by atoms with Crippen LogP contribution in [0.1, 0.15) is 36.5 Å². The van der Waals surface area contributed by atoms with Crippen molar-refractivity contribution >= 4 is 27.5 Å². The van der Waals surface area contributed by atoms with Crippen molar-refractivity contribution in [3.05, 3.63) is 65.2 Å². The van der Waals surface area contributed by atoms with Crippen molar-refractivity contribution < 1.29 is 9.69 Å². The number of hydrogen-bond acceptors (Lipinski definition) is 3. The topological polar surface area (TPSA) is 46.4 Å². The first-order chi connectivity index (χ1) is 12.0. The standard InChI is InChI=1S/C20H23N3OS/c1-14(16-9-5-4-6-10-16)21-19(24)13-23(3)15(2)20-22-17-11-7-8-12-18(17)25-20/h4-12,14-15H,13H2,1-3H3,(H,21,24)/p+1/t14-,15+/m1/s1. The monoisotopic (exact) mass is 354 g/mol. The van der Waals surface area contributed by atoms with Gasteiger partial charge in [0.25, 0.3) is 5.91 Å². The maximum Gasteiger partial charge on any atom is 0.275 e. The summed E-state index contributed by atoms with van der Waals surface area (Å²) in [5, 5.41) is 4.16. The highest BCUT2D eigenvalue weighted by Crippen LogP contribution is 2.24. The molecule has 0 aliphatic rings. The van der Waals surface area contributed by atoms with Gasteiger partial charge in [-0.25, -0.2) is 4.98 Å². The van der Waals surface area contributed by atoms with Crippen LogP contribution in [0, 0.1) is 0 Å². The van der Waals surface area contributed by atoms with Gasteiger partial charge in [0, 0.05) is 0 Å². The molecule has 0 aliphatic heterocycles. The number of nitrogens with one attached hydrogen (secondary N) is 2. The number of para-hydroxylation sites is 1. The molecule has 0 saturated carbocycles. The first-order valence-corrected chi connectivity index (χ1v) is 9.38. The molecule has 130 valence electrons. The van der Waals surface area contributed by atoms with Crippen LogP contribution in [0.15, 0.2) is 54.6 Å². The number of quaternary nitrogens is 1. The molecule has 0 aliphatic carbocycles. The minimum absolute atomic E-state index is 0.0132. The van der Waals surface area contributed by atoms with E-state index in [1.54, 1.807) is 11.3 Å². The molecule has 2 aromatic carbocycles. The minimum Gasteiger partial charge on any atom is -0.345 e. The van der Waals surface area contributed by atoms with Gasteiger partial charge in [0.05, 0.1) is 23.3 Å². The molecule has 2 N–H and O–H groups in total. The molecule has 4 nitrogen and oxygen atoms in total. The quantitative estimate of drug-likeness (QED) is 0.715. The van der Waals surface area contributed by atoms with Gasteiger partial charge in [-0.2, -0.15) is 0 Å². The molecule has 1 unspecified atom stereocenters. The van der Waals surface area contributed by atoms with Gasteiger partial charge in [0.2, 0.25) is 0 Å². The highest BCUT2D eigenvalue weighted by Gasteiger charge is 2.22. The lowest BCUT2D eigenvalue weighted by Crippen LogP contribution is -3.10. The van der Waals surface area contributed by atoms with Gasteiger partial charge in [-0.1, -0.05) is 42.5 Å². The predicted molar refractivity (Wildman–Crippen MR) is 103 cm³/mol. The summed E-state index contributed by atoms with van der Waals surface area (Å²) >= 11 is 1.71. The Hall–Kier alpha value is -2.24. The summed E-state index contributed by atoms with van der Waals surface area (Å²) in [6.07, 6.45) is 0. The smallest absolute Gasteiger partial charge is 0.275 e. The molecular formula is C20H24N3OS+. The Morgan fingerprint density at radius 2 is 1.80 bits per heavy atom. The highest BCUT2D eigenvalue weighted by atomic mass is 32.1. The van der Waals surface area contributed by atoms with Gasteiger partial charge in [-0.05, 0) is 31.5 Å². The van der Waals surface area contributed by atoms with Crippen molar-refractivity contribution in [3.8, 4) is 0 Å². The Labute approximate surface area is 152 Å². The number of nitrogens with zero attached hydrogens (tertiary/aromatic N) is 1. The minimum atomic E-state index is 0.0132. The first-order valence-electron chi connectivity index (χ1n) is 8.56. The third-order valence-electron chi connectivity index (χ3n) is 4.54. The van der Waals surface area contributed by atoms with Crippen LogP contribution in [0.2, 0.25) is 0 Å². The number of likely N-dealkylation sites (N-methyl/N-ethyl adjacent to an activating group) is 1. The fourth-order valence-corrected chi connectivity index (χ4v) is 3.92. The lowest BCUT2D eigenvalue weighted by molar-refractivity contribution is -0.902. The second kappa shape index (κ2) is 7.76. The van der Waals surface area contributed by atoms with E-state index in [4.69, 9.17) is 4.98 Å². The van der Waals surface area contributed by atoms with E-state index in [0.717, 1.165) is 21.0 Å². The van der Waals surface area contributed by atoms with Crippen molar-refractivity contribution in [2.75, 3.05) is 13.6 Å². The molecule has 0 fully saturated rings. The average Bonchev–Trinajstić information content (AvgIpc) is 3.05. The van der Waals surface area contributed by atoms with E-state index < -0.39 is 0 Å². The van der Waals surface area contributed by atoms with Crippen LogP contribution in [-0.2, 0) is 4.79 Å². The van der Waals surface area contributed by atoms with Gasteiger partial charge in [-0.3, -0.25) is 4.79 Å². The maximum absolute atomic E-state index is 12.4. The molecule has 3 atom stereocenters. The number of hydrogen-bond donors (Lipinski definition) is 2. The number of amides is 1. The van der Waals surface area contributed by atoms with Crippen molar-refractivity contribution in [1.29, 1.82) is 0 Å². The van der Waals surface area contributed by atoms with Gasteiger partial charge in [0.15, 0.2) is 11.6 Å². The van der Waals surface area contributed by atoms with Gasteiger partial charge in [-0.15, -0.1) is 11.3 Å². The van der Waals surface area contributed by atoms with Crippen molar-refractivity contribution in [3.63, 3.8) is 0 Å². The maximum atomic E-state index is 12.4. The molecule has 0 bridgehead atoms. The molecular weight excluding hydrogens is 330 g/mol. The normalized spacial score (nSPS) is 14.8. The van der Waals surface area contributed by atoms with Crippen LogP contribution < -0.4 is 10.2 Å². The summed E-state index contributed by atoms with van der Waals surface area (Å²) in [5.41, 5.74) is 2.15. The lowest BCUT2D eigenvalue weighted by Gasteiger charge is -2.21. The molecule has 3 aromatic rings. The molecule has 1 aromatic heterocycles. The van der Waals surface area contributed by atoms with E-state index in [1.165, 1.54) is 4.70 Å². The summed E-state index contributed by atoms with van der Waals surface area (Å²) in [6.45, 7) is 4.56. The second-order valence-electron chi connectivity index (χ2n) is 6.46. The Morgan fingerprint density at radius 3 is 2.52 bits per heavy atom. The summed E-state index contributed by atoms with van der Waals surface area (Å²) in [4.78, 5) is 18.2. The SMILES string of the molecule is C[C@@H](NC(=O)C[NH+](C)[C@@H](C)c1nc2ccccc2s1)c1ccccc1. The molecule has 5 heteroatoms. The summed E-state index contributed by atoms with van der Waals surface area (Å²) < 4.78 is 1.19. The second-order valence-corrected chi connectivity index (χ2v) is 7.53. The Bertz CT molecular complexity index is 813. The van der Waals surface area contributed by atoms with Crippen LogP contribution in [0.3, 0.4) is 0 Å². The zero-order valence-corrected chi connectivity index (χ0v) is 15.6. The van der Waals surface area contributed by atoms with Gasteiger partial charge >= 0.3 is 0 Å². The zero-order valence-electron chi connectivity index (χ0n) is 14.8. The van der Waals surface area contributed by atoms with Gasteiger partial charge < -0.3 is 10.2 Å². The number of rotatable bonds is 6. The number of thiazole rings is 1. The van der Waals surface area contributed by atoms with Crippen molar-refractivity contribution in [1.82, 2.24) is 10.3 Å². The predicted octanol–water partition coefficient (Wildman–Crippen LogP) is 2.75. The van der Waals surface area contributed by atoms with Crippen molar-refractivity contribution in [2.45, 2.75) is 25.9 Å². The number of benzene rings is 2. The summed E-state index contributed by atoms with van der Waals surface area (Å²) in [7, 11) is 2.05. The van der Waals surface area contributed by atoms with E-state index in [0.29, 0.717) is 6.54 Å². The van der Waals surface area contributed by atoms with Crippen molar-refractivity contribution in [2.24, 2.45) is 0 Å². The first kappa shape index (κ1) is 17.6. The molecule has 0 spiro atoms. The van der Waals surface area contributed by atoms with Crippen LogP contribution in [-0.4, -0.2) is 24.5 Å².